The molecule has 0 saturated carbocycles. The Bertz CT molecular complexity index is 772. The van der Waals surface area contributed by atoms with Crippen LogP contribution in [-0.2, 0) is 13.1 Å². The molecule has 0 fully saturated rings. The maximum absolute atomic E-state index is 6.15. The Hall–Kier alpha value is -2.30. The molecule has 0 aliphatic carbocycles. The van der Waals surface area contributed by atoms with E-state index in [1.165, 1.54) is 0 Å². The van der Waals surface area contributed by atoms with Crippen molar-refractivity contribution in [3.63, 3.8) is 0 Å². The Kier molecular flexibility index (Phi) is 4.95. The zero-order valence-corrected chi connectivity index (χ0v) is 13.5. The number of methoxy groups -OCH3 is 1. The van der Waals surface area contributed by atoms with Gasteiger partial charge in [0.05, 0.1) is 18.7 Å². The van der Waals surface area contributed by atoms with Crippen LogP contribution in [0.4, 0.5) is 0 Å². The fourth-order valence-electron chi connectivity index (χ4n) is 2.28. The zero-order valence-electron chi connectivity index (χ0n) is 12.8. The first-order valence-electron chi connectivity index (χ1n) is 7.28. The predicted octanol–water partition coefficient (Wildman–Crippen LogP) is 4.29. The molecule has 1 N–H and O–H groups in total. The van der Waals surface area contributed by atoms with Crippen molar-refractivity contribution in [3.8, 4) is 17.1 Å². The highest BCUT2D eigenvalue weighted by Crippen LogP contribution is 2.31. The summed E-state index contributed by atoms with van der Waals surface area (Å²) >= 11 is 6.15. The largest absolute Gasteiger partial charge is 0.495 e. The Morgan fingerprint density at radius 3 is 2.83 bits per heavy atom. The average Bonchev–Trinajstić information content (AvgIpc) is 3.05. The molecule has 23 heavy (non-hydrogen) atoms. The summed E-state index contributed by atoms with van der Waals surface area (Å²) in [5, 5.41) is 3.90. The summed E-state index contributed by atoms with van der Waals surface area (Å²) in [6.45, 7) is 1.40. The SMILES string of the molecule is COc1ccc(-c2ccc(CNCc3cccnc3)o2)cc1Cl. The summed E-state index contributed by atoms with van der Waals surface area (Å²) in [5.41, 5.74) is 2.07. The van der Waals surface area contributed by atoms with Crippen LogP contribution in [0.1, 0.15) is 11.3 Å². The van der Waals surface area contributed by atoms with Crippen molar-refractivity contribution in [3.05, 3.63) is 71.2 Å². The Balaban J connectivity index is 1.63. The van der Waals surface area contributed by atoms with E-state index in [-0.39, 0.29) is 0 Å². The number of rotatable bonds is 6. The quantitative estimate of drug-likeness (QED) is 0.733. The number of halogens is 1. The predicted molar refractivity (Wildman–Crippen MR) is 90.5 cm³/mol. The molecule has 0 spiro atoms. The summed E-state index contributed by atoms with van der Waals surface area (Å²) in [7, 11) is 1.60. The standard InChI is InChI=1S/C18H17ClN2O2/c1-22-18-6-4-14(9-16(18)19)17-7-5-15(23-17)12-21-11-13-3-2-8-20-10-13/h2-10,21H,11-12H2,1H3. The van der Waals surface area contributed by atoms with Gasteiger partial charge in [0.15, 0.2) is 0 Å². The molecule has 118 valence electrons. The van der Waals surface area contributed by atoms with Crippen molar-refractivity contribution in [1.29, 1.82) is 0 Å². The molecule has 0 aliphatic rings. The van der Waals surface area contributed by atoms with E-state index in [2.05, 4.69) is 10.3 Å². The second-order valence-corrected chi connectivity index (χ2v) is 5.49. The van der Waals surface area contributed by atoms with Gasteiger partial charge in [-0.2, -0.15) is 0 Å². The third-order valence-electron chi connectivity index (χ3n) is 3.45. The molecule has 2 heterocycles. The van der Waals surface area contributed by atoms with Crippen LogP contribution in [0.5, 0.6) is 5.75 Å². The van der Waals surface area contributed by atoms with E-state index < -0.39 is 0 Å². The average molecular weight is 329 g/mol. The molecule has 3 aromatic rings. The van der Waals surface area contributed by atoms with Crippen molar-refractivity contribution >= 4 is 11.6 Å². The molecule has 4 nitrogen and oxygen atoms in total. The van der Waals surface area contributed by atoms with Crippen LogP contribution in [-0.4, -0.2) is 12.1 Å². The number of aromatic nitrogens is 1. The van der Waals surface area contributed by atoms with Crippen LogP contribution in [0.3, 0.4) is 0 Å². The first kappa shape index (κ1) is 15.6. The highest BCUT2D eigenvalue weighted by atomic mass is 35.5. The second-order valence-electron chi connectivity index (χ2n) is 5.08. The van der Waals surface area contributed by atoms with Gasteiger partial charge in [-0.15, -0.1) is 0 Å². The van der Waals surface area contributed by atoms with E-state index in [0.29, 0.717) is 17.3 Å². The third-order valence-corrected chi connectivity index (χ3v) is 3.74. The molecular weight excluding hydrogens is 312 g/mol. The Morgan fingerprint density at radius 1 is 1.17 bits per heavy atom. The van der Waals surface area contributed by atoms with Gasteiger partial charge in [-0.3, -0.25) is 4.98 Å². The summed E-state index contributed by atoms with van der Waals surface area (Å²) in [4.78, 5) is 4.09. The number of furan rings is 1. The van der Waals surface area contributed by atoms with E-state index >= 15 is 0 Å². The first-order chi connectivity index (χ1) is 11.3. The zero-order chi connectivity index (χ0) is 16.1. The fraction of sp³-hybridized carbons (Fsp3) is 0.167. The fourth-order valence-corrected chi connectivity index (χ4v) is 2.54. The maximum Gasteiger partial charge on any atom is 0.137 e. The number of ether oxygens (including phenoxy) is 1. The van der Waals surface area contributed by atoms with Gasteiger partial charge < -0.3 is 14.5 Å². The molecule has 0 saturated heterocycles. The molecule has 1 aromatic carbocycles. The van der Waals surface area contributed by atoms with E-state index in [1.807, 2.05) is 48.7 Å². The molecule has 2 aromatic heterocycles. The van der Waals surface area contributed by atoms with Gasteiger partial charge >= 0.3 is 0 Å². The highest BCUT2D eigenvalue weighted by molar-refractivity contribution is 6.32. The topological polar surface area (TPSA) is 47.3 Å². The lowest BCUT2D eigenvalue weighted by atomic mass is 10.2. The first-order valence-corrected chi connectivity index (χ1v) is 7.66. The Morgan fingerprint density at radius 2 is 2.09 bits per heavy atom. The molecule has 5 heteroatoms. The Labute approximate surface area is 140 Å². The minimum Gasteiger partial charge on any atom is -0.495 e. The van der Waals surface area contributed by atoms with Crippen molar-refractivity contribution in [1.82, 2.24) is 10.3 Å². The van der Waals surface area contributed by atoms with Gasteiger partial charge in [-0.25, -0.2) is 0 Å². The third kappa shape index (κ3) is 3.92. The molecule has 3 rings (SSSR count). The van der Waals surface area contributed by atoms with Crippen molar-refractivity contribution in [2.75, 3.05) is 7.11 Å². The molecule has 0 aliphatic heterocycles. The number of hydrogen-bond acceptors (Lipinski definition) is 4. The monoisotopic (exact) mass is 328 g/mol. The van der Waals surface area contributed by atoms with Crippen molar-refractivity contribution in [2.45, 2.75) is 13.1 Å². The van der Waals surface area contributed by atoms with Crippen LogP contribution in [0, 0.1) is 0 Å². The lowest BCUT2D eigenvalue weighted by Gasteiger charge is -2.04. The number of hydrogen-bond donors (Lipinski definition) is 1. The summed E-state index contributed by atoms with van der Waals surface area (Å²) < 4.78 is 11.0. The van der Waals surface area contributed by atoms with Gasteiger partial charge in [-0.1, -0.05) is 17.7 Å². The molecule has 0 unspecified atom stereocenters. The van der Waals surface area contributed by atoms with Gasteiger partial charge in [0.2, 0.25) is 0 Å². The molecule has 0 amide bonds. The number of nitrogens with zero attached hydrogens (tertiary/aromatic N) is 1. The normalized spacial score (nSPS) is 10.7. The lowest BCUT2D eigenvalue weighted by Crippen LogP contribution is -2.12. The van der Waals surface area contributed by atoms with E-state index in [9.17, 15) is 0 Å². The molecule has 0 atom stereocenters. The van der Waals surface area contributed by atoms with E-state index in [4.69, 9.17) is 20.8 Å². The van der Waals surface area contributed by atoms with E-state index in [0.717, 1.165) is 29.2 Å². The van der Waals surface area contributed by atoms with Crippen LogP contribution in [0.15, 0.2) is 59.3 Å². The number of benzene rings is 1. The van der Waals surface area contributed by atoms with Crippen LogP contribution in [0.2, 0.25) is 5.02 Å². The van der Waals surface area contributed by atoms with Gasteiger partial charge in [0.25, 0.3) is 0 Å². The number of pyridine rings is 1. The molecule has 0 bridgehead atoms. The van der Waals surface area contributed by atoms with Gasteiger partial charge in [-0.05, 0) is 42.0 Å². The second kappa shape index (κ2) is 7.31. The van der Waals surface area contributed by atoms with Crippen LogP contribution in [0.25, 0.3) is 11.3 Å². The van der Waals surface area contributed by atoms with Gasteiger partial charge in [0.1, 0.15) is 17.3 Å². The minimum atomic E-state index is 0.567. The summed E-state index contributed by atoms with van der Waals surface area (Å²) in [6, 6.07) is 13.5. The minimum absolute atomic E-state index is 0.567. The van der Waals surface area contributed by atoms with Crippen molar-refractivity contribution < 1.29 is 9.15 Å². The summed E-state index contributed by atoms with van der Waals surface area (Å²) in [5.74, 6) is 2.31. The maximum atomic E-state index is 6.15. The van der Waals surface area contributed by atoms with Crippen LogP contribution >= 0.6 is 11.6 Å². The highest BCUT2D eigenvalue weighted by Gasteiger charge is 2.08. The van der Waals surface area contributed by atoms with Crippen LogP contribution < -0.4 is 10.1 Å². The van der Waals surface area contributed by atoms with Gasteiger partial charge in [0, 0.05) is 24.5 Å². The lowest BCUT2D eigenvalue weighted by molar-refractivity contribution is 0.415. The smallest absolute Gasteiger partial charge is 0.137 e. The van der Waals surface area contributed by atoms with E-state index in [1.54, 1.807) is 13.3 Å². The summed E-state index contributed by atoms with van der Waals surface area (Å²) in [6.07, 6.45) is 3.61. The van der Waals surface area contributed by atoms with Crippen molar-refractivity contribution in [2.24, 2.45) is 0 Å². The molecule has 0 radical (unpaired) electrons. The number of nitrogens with one attached hydrogen (secondary N) is 1. The molecular formula is C18H17ClN2O2.